The molecule has 0 bridgehead atoms. The molecular weight excluding hydrogens is 329 g/mol. The molecule has 2 aromatic carbocycles. The van der Waals surface area contributed by atoms with E-state index in [2.05, 4.69) is 5.32 Å². The van der Waals surface area contributed by atoms with E-state index >= 15 is 0 Å². The summed E-state index contributed by atoms with van der Waals surface area (Å²) in [5.74, 6) is -0.230. The van der Waals surface area contributed by atoms with E-state index in [0.717, 1.165) is 16.8 Å². The van der Waals surface area contributed by atoms with Crippen molar-refractivity contribution in [1.29, 1.82) is 0 Å². The van der Waals surface area contributed by atoms with Crippen LogP contribution in [0.2, 0.25) is 15.1 Å². The fourth-order valence-electron chi connectivity index (χ4n) is 1.73. The molecule has 21 heavy (non-hydrogen) atoms. The first-order valence-corrected chi connectivity index (χ1v) is 7.29. The lowest BCUT2D eigenvalue weighted by atomic mass is 10.2. The van der Waals surface area contributed by atoms with Gasteiger partial charge in [0.1, 0.15) is 0 Å². The summed E-state index contributed by atoms with van der Waals surface area (Å²) in [5.41, 5.74) is 2.43. The van der Waals surface area contributed by atoms with Gasteiger partial charge in [0.15, 0.2) is 0 Å². The van der Waals surface area contributed by atoms with E-state index in [1.165, 1.54) is 6.08 Å². The largest absolute Gasteiger partial charge is 0.322 e. The van der Waals surface area contributed by atoms with Crippen molar-refractivity contribution in [3.8, 4) is 0 Å². The summed E-state index contributed by atoms with van der Waals surface area (Å²) in [7, 11) is 0. The van der Waals surface area contributed by atoms with Crippen molar-refractivity contribution in [1.82, 2.24) is 0 Å². The van der Waals surface area contributed by atoms with Crippen molar-refractivity contribution in [2.75, 3.05) is 5.32 Å². The fourth-order valence-corrected chi connectivity index (χ4v) is 2.26. The third-order valence-electron chi connectivity index (χ3n) is 2.82. The van der Waals surface area contributed by atoms with Crippen LogP contribution in [0.15, 0.2) is 42.5 Å². The summed E-state index contributed by atoms with van der Waals surface area (Å²) in [6.45, 7) is 1.88. The zero-order chi connectivity index (χ0) is 15.4. The molecule has 2 nitrogen and oxygen atoms in total. The second-order valence-corrected chi connectivity index (χ2v) is 5.71. The lowest BCUT2D eigenvalue weighted by Crippen LogP contribution is -2.08. The maximum absolute atomic E-state index is 11.9. The third kappa shape index (κ3) is 4.50. The molecule has 0 aromatic heterocycles. The minimum Gasteiger partial charge on any atom is -0.322 e. The van der Waals surface area contributed by atoms with Crippen molar-refractivity contribution >= 4 is 52.5 Å². The Kier molecular flexibility index (Phi) is 5.29. The van der Waals surface area contributed by atoms with Crippen LogP contribution in [-0.2, 0) is 4.79 Å². The molecule has 0 atom stereocenters. The number of aryl methyl sites for hydroxylation is 1. The third-order valence-corrected chi connectivity index (χ3v) is 3.79. The Morgan fingerprint density at radius 3 is 2.48 bits per heavy atom. The Bertz CT molecular complexity index is 711. The molecule has 0 radical (unpaired) electrons. The van der Waals surface area contributed by atoms with Gasteiger partial charge in [-0.15, -0.1) is 0 Å². The molecule has 2 aromatic rings. The van der Waals surface area contributed by atoms with Gasteiger partial charge in [-0.05, 0) is 54.5 Å². The molecule has 0 spiro atoms. The Hall–Kier alpha value is -1.48. The summed E-state index contributed by atoms with van der Waals surface area (Å²) in [4.78, 5) is 11.9. The lowest BCUT2D eigenvalue weighted by Gasteiger charge is -2.06. The summed E-state index contributed by atoms with van der Waals surface area (Å²) in [6, 6.07) is 10.5. The van der Waals surface area contributed by atoms with Crippen LogP contribution in [0, 0.1) is 6.92 Å². The highest BCUT2D eigenvalue weighted by Crippen LogP contribution is 2.23. The predicted molar refractivity (Wildman–Crippen MR) is 90.3 cm³/mol. The quantitative estimate of drug-likeness (QED) is 0.723. The van der Waals surface area contributed by atoms with Gasteiger partial charge >= 0.3 is 0 Å². The Labute approximate surface area is 138 Å². The zero-order valence-corrected chi connectivity index (χ0v) is 13.4. The number of carbonyl (C=O) groups excluding carboxylic acids is 1. The number of hydrogen-bond acceptors (Lipinski definition) is 1. The average molecular weight is 341 g/mol. The average Bonchev–Trinajstić information content (AvgIpc) is 2.43. The van der Waals surface area contributed by atoms with Gasteiger partial charge in [-0.25, -0.2) is 0 Å². The first-order chi connectivity index (χ1) is 9.95. The number of carbonyl (C=O) groups is 1. The molecule has 5 heteroatoms. The van der Waals surface area contributed by atoms with Crippen LogP contribution in [0.4, 0.5) is 5.69 Å². The monoisotopic (exact) mass is 339 g/mol. The van der Waals surface area contributed by atoms with Gasteiger partial charge in [-0.1, -0.05) is 40.9 Å². The van der Waals surface area contributed by atoms with Crippen molar-refractivity contribution < 1.29 is 4.79 Å². The SMILES string of the molecule is Cc1cc(Cl)ccc1NC(=O)C=Cc1ccc(Cl)c(Cl)c1. The van der Waals surface area contributed by atoms with E-state index in [0.29, 0.717) is 15.1 Å². The smallest absolute Gasteiger partial charge is 0.248 e. The van der Waals surface area contributed by atoms with Gasteiger partial charge in [-0.2, -0.15) is 0 Å². The molecule has 0 heterocycles. The lowest BCUT2D eigenvalue weighted by molar-refractivity contribution is -0.111. The molecule has 0 unspecified atom stereocenters. The summed E-state index contributed by atoms with van der Waals surface area (Å²) in [5, 5.41) is 4.36. The molecule has 0 fully saturated rings. The number of amides is 1. The van der Waals surface area contributed by atoms with Crippen LogP contribution in [0.25, 0.3) is 6.08 Å². The van der Waals surface area contributed by atoms with Gasteiger partial charge < -0.3 is 5.32 Å². The van der Waals surface area contributed by atoms with Crippen LogP contribution in [0.5, 0.6) is 0 Å². The van der Waals surface area contributed by atoms with Gasteiger partial charge in [0, 0.05) is 16.8 Å². The van der Waals surface area contributed by atoms with Gasteiger partial charge in [-0.3, -0.25) is 4.79 Å². The maximum atomic E-state index is 11.9. The first-order valence-electron chi connectivity index (χ1n) is 6.16. The van der Waals surface area contributed by atoms with Crippen LogP contribution in [0.3, 0.4) is 0 Å². The van der Waals surface area contributed by atoms with E-state index in [-0.39, 0.29) is 5.91 Å². The van der Waals surface area contributed by atoms with E-state index in [1.807, 2.05) is 6.92 Å². The van der Waals surface area contributed by atoms with E-state index in [9.17, 15) is 4.79 Å². The Morgan fingerprint density at radius 1 is 1.05 bits per heavy atom. The molecule has 0 aliphatic heterocycles. The van der Waals surface area contributed by atoms with Gasteiger partial charge in [0.05, 0.1) is 10.0 Å². The van der Waals surface area contributed by atoms with Crippen LogP contribution >= 0.6 is 34.8 Å². The summed E-state index contributed by atoms with van der Waals surface area (Å²) < 4.78 is 0. The number of rotatable bonds is 3. The fraction of sp³-hybridized carbons (Fsp3) is 0.0625. The summed E-state index contributed by atoms with van der Waals surface area (Å²) >= 11 is 17.6. The van der Waals surface area contributed by atoms with E-state index in [1.54, 1.807) is 42.5 Å². The van der Waals surface area contributed by atoms with Crippen molar-refractivity contribution in [3.63, 3.8) is 0 Å². The molecule has 1 N–H and O–H groups in total. The van der Waals surface area contributed by atoms with Gasteiger partial charge in [0.2, 0.25) is 5.91 Å². The number of benzene rings is 2. The van der Waals surface area contributed by atoms with Crippen molar-refractivity contribution in [2.45, 2.75) is 6.92 Å². The molecular formula is C16H12Cl3NO. The van der Waals surface area contributed by atoms with E-state index in [4.69, 9.17) is 34.8 Å². The number of nitrogens with one attached hydrogen (secondary N) is 1. The molecule has 1 amide bonds. The highest BCUT2D eigenvalue weighted by Gasteiger charge is 2.02. The highest BCUT2D eigenvalue weighted by atomic mass is 35.5. The van der Waals surface area contributed by atoms with E-state index < -0.39 is 0 Å². The minimum absolute atomic E-state index is 0.230. The molecule has 0 saturated carbocycles. The summed E-state index contributed by atoms with van der Waals surface area (Å²) in [6.07, 6.45) is 3.11. The molecule has 108 valence electrons. The number of hydrogen-bond donors (Lipinski definition) is 1. The van der Waals surface area contributed by atoms with Crippen molar-refractivity contribution in [3.05, 3.63) is 68.7 Å². The van der Waals surface area contributed by atoms with Crippen LogP contribution in [0.1, 0.15) is 11.1 Å². The number of halogens is 3. The van der Waals surface area contributed by atoms with Crippen LogP contribution < -0.4 is 5.32 Å². The molecule has 2 rings (SSSR count). The number of anilines is 1. The molecule has 0 aliphatic rings. The zero-order valence-electron chi connectivity index (χ0n) is 11.2. The first kappa shape index (κ1) is 15.9. The Balaban J connectivity index is 2.07. The van der Waals surface area contributed by atoms with Gasteiger partial charge in [0.25, 0.3) is 0 Å². The normalized spacial score (nSPS) is 10.9. The van der Waals surface area contributed by atoms with Crippen LogP contribution in [-0.4, -0.2) is 5.91 Å². The predicted octanol–water partition coefficient (Wildman–Crippen LogP) is 5.61. The Morgan fingerprint density at radius 2 is 1.81 bits per heavy atom. The maximum Gasteiger partial charge on any atom is 0.248 e. The highest BCUT2D eigenvalue weighted by molar-refractivity contribution is 6.42. The second-order valence-electron chi connectivity index (χ2n) is 4.46. The molecule has 0 aliphatic carbocycles. The second kappa shape index (κ2) is 6.99. The minimum atomic E-state index is -0.230. The topological polar surface area (TPSA) is 29.1 Å². The standard InChI is InChI=1S/C16H12Cl3NO/c1-10-8-12(17)4-6-15(10)20-16(21)7-3-11-2-5-13(18)14(19)9-11/h2-9H,1H3,(H,20,21). The molecule has 0 saturated heterocycles. The van der Waals surface area contributed by atoms with Crippen molar-refractivity contribution in [2.24, 2.45) is 0 Å².